The Morgan fingerprint density at radius 2 is 0.534 bits per heavy atom. The third-order valence-corrected chi connectivity index (χ3v) is 17.0. The number of fused-ring (bicyclic) bond motifs is 14. The quantitative estimate of drug-likeness (QED) is 0.120. The van der Waals surface area contributed by atoms with Gasteiger partial charge in [0.05, 0.1) is 0 Å². The van der Waals surface area contributed by atoms with Gasteiger partial charge in [-0.25, -0.2) is 0 Å². The molecule has 281 valence electrons. The molecule has 0 saturated heterocycles. The van der Waals surface area contributed by atoms with E-state index in [-0.39, 0.29) is 53.0 Å². The van der Waals surface area contributed by atoms with Crippen LogP contribution < -0.4 is 0 Å². The van der Waals surface area contributed by atoms with E-state index >= 15 is 0 Å². The Kier molecular flexibility index (Phi) is 12.1. The van der Waals surface area contributed by atoms with Crippen molar-refractivity contribution < 1.29 is 37.2 Å². The van der Waals surface area contributed by atoms with Gasteiger partial charge in [-0.3, -0.25) is 0 Å². The molecule has 0 unspecified atom stereocenters. The molecule has 0 nitrogen and oxygen atoms in total. The SMILES string of the molecule is [CH]1[CH][CH][C](P2Cc3ccc4ccccc4c3-c3c(ccc4ccccc34)C2)[CH]1.[CH]1[CH][CH][C](P2Cc3ccc4ccccc4c3-c3c(ccc4ccccc34)C2)[CH]1.[Fe+2].[Ir]. The van der Waals surface area contributed by atoms with Gasteiger partial charge < -0.3 is 0 Å². The summed E-state index contributed by atoms with van der Waals surface area (Å²) < 4.78 is 0. The van der Waals surface area contributed by atoms with E-state index in [1.807, 2.05) is 0 Å². The molecule has 2 heterocycles. The minimum absolute atomic E-state index is 0. The topological polar surface area (TPSA) is 0 Å². The van der Waals surface area contributed by atoms with Gasteiger partial charge in [0.2, 0.25) is 0 Å². The first-order chi connectivity index (χ1) is 27.8. The maximum Gasteiger partial charge on any atom is 2.00 e. The van der Waals surface area contributed by atoms with E-state index in [1.165, 1.54) is 98.9 Å². The van der Waals surface area contributed by atoms with Crippen LogP contribution >= 0.6 is 15.8 Å². The van der Waals surface area contributed by atoms with Gasteiger partial charge in [0.25, 0.3) is 0 Å². The fourth-order valence-electron chi connectivity index (χ4n) is 9.42. The van der Waals surface area contributed by atoms with Gasteiger partial charge in [-0.15, -0.1) is 0 Å². The monoisotopic (exact) mass is 999 g/mol. The van der Waals surface area contributed by atoms with Crippen LogP contribution in [0.3, 0.4) is 0 Å². The Balaban J connectivity index is 0.000000145. The van der Waals surface area contributed by atoms with Crippen molar-refractivity contribution >= 4 is 58.9 Å². The van der Waals surface area contributed by atoms with Crippen molar-refractivity contribution in [2.75, 3.05) is 0 Å². The normalized spacial score (nSPS) is 17.0. The van der Waals surface area contributed by atoms with Crippen molar-refractivity contribution in [3.8, 4) is 22.3 Å². The van der Waals surface area contributed by atoms with Crippen molar-refractivity contribution in [3.05, 3.63) is 231 Å². The van der Waals surface area contributed by atoms with Gasteiger partial charge in [-0.2, -0.15) is 0 Å². The molecule has 0 amide bonds. The van der Waals surface area contributed by atoms with E-state index in [1.54, 1.807) is 0 Å². The van der Waals surface area contributed by atoms with E-state index < -0.39 is 0 Å². The molecule has 2 aliphatic heterocycles. The van der Waals surface area contributed by atoms with Crippen molar-refractivity contribution in [1.29, 1.82) is 0 Å². The van der Waals surface area contributed by atoms with Crippen LogP contribution in [0.25, 0.3) is 65.3 Å². The molecule has 0 spiro atoms. The van der Waals surface area contributed by atoms with E-state index in [0.29, 0.717) is 0 Å². The van der Waals surface area contributed by atoms with Crippen molar-refractivity contribution in [1.82, 2.24) is 0 Å². The summed E-state index contributed by atoms with van der Waals surface area (Å²) >= 11 is 0. The number of hydrogen-bond acceptors (Lipinski definition) is 0. The summed E-state index contributed by atoms with van der Waals surface area (Å²) in [4.78, 5) is 0. The number of hydrogen-bond donors (Lipinski definition) is 0. The third kappa shape index (κ3) is 7.36. The second-order valence-corrected chi connectivity index (χ2v) is 19.7. The van der Waals surface area contributed by atoms with Gasteiger partial charge in [-0.05, 0) is 164 Å². The predicted octanol–water partition coefficient (Wildman–Crippen LogP) is 15.0. The molecule has 58 heavy (non-hydrogen) atoms. The van der Waals surface area contributed by atoms with Gasteiger partial charge in [0, 0.05) is 31.4 Å². The summed E-state index contributed by atoms with van der Waals surface area (Å²) in [6.45, 7) is 0. The summed E-state index contributed by atoms with van der Waals surface area (Å²) in [6, 6.07) is 54.2. The smallest absolute Gasteiger partial charge is 0.0898 e. The Morgan fingerprint density at radius 3 is 0.793 bits per heavy atom. The van der Waals surface area contributed by atoms with Crippen LogP contribution in [0.2, 0.25) is 0 Å². The first-order valence-corrected chi connectivity index (χ1v) is 23.2. The standard InChI is InChI=1S/2C27H20P.Fe.Ir/c2*1-5-11-24-19(7-1)13-15-21-17-28(23-9-3-4-10-23)18-22-16-14-20-8-2-6-12-25(20)27(22)26(21)24;;/h2*1-16H,17-18H2;;/q;;+2;. The predicted molar refractivity (Wildman–Crippen MR) is 243 cm³/mol. The molecule has 12 rings (SSSR count). The molecule has 2 fully saturated rings. The molecule has 11 radical (unpaired) electrons. The summed E-state index contributed by atoms with van der Waals surface area (Å²) in [5.41, 5.74) is 14.9. The second kappa shape index (κ2) is 17.4. The third-order valence-electron chi connectivity index (χ3n) is 12.0. The van der Waals surface area contributed by atoms with Crippen LogP contribution in [0.4, 0.5) is 0 Å². The van der Waals surface area contributed by atoms with E-state index in [0.717, 1.165) is 24.6 Å². The fraction of sp³-hybridized carbons (Fsp3) is 0.0741. The van der Waals surface area contributed by atoms with Gasteiger partial charge in [-0.1, -0.05) is 161 Å². The Morgan fingerprint density at radius 1 is 0.293 bits per heavy atom. The second-order valence-electron chi connectivity index (χ2n) is 15.3. The van der Waals surface area contributed by atoms with Gasteiger partial charge in [0.15, 0.2) is 0 Å². The fourth-order valence-corrected chi connectivity index (χ4v) is 14.3. The Bertz CT molecular complexity index is 2400. The molecule has 0 atom stereocenters. The molecule has 4 aliphatic rings. The Labute approximate surface area is 370 Å². The zero-order chi connectivity index (χ0) is 37.0. The maximum atomic E-state index is 2.38. The van der Waals surface area contributed by atoms with Crippen molar-refractivity contribution in [2.24, 2.45) is 0 Å². The molecule has 2 aliphatic carbocycles. The van der Waals surface area contributed by atoms with E-state index in [9.17, 15) is 0 Å². The maximum absolute atomic E-state index is 2.38. The van der Waals surface area contributed by atoms with Crippen LogP contribution in [-0.2, 0) is 61.8 Å². The van der Waals surface area contributed by atoms with Crippen LogP contribution in [0.15, 0.2) is 146 Å². The number of rotatable bonds is 2. The van der Waals surface area contributed by atoms with Crippen LogP contribution in [0, 0.1) is 62.7 Å². The van der Waals surface area contributed by atoms with Crippen LogP contribution in [0.5, 0.6) is 0 Å². The molecule has 8 aromatic rings. The van der Waals surface area contributed by atoms with Gasteiger partial charge >= 0.3 is 17.1 Å². The van der Waals surface area contributed by atoms with Crippen LogP contribution in [0.1, 0.15) is 22.3 Å². The van der Waals surface area contributed by atoms with Crippen molar-refractivity contribution in [2.45, 2.75) is 24.6 Å². The largest absolute Gasteiger partial charge is 2.00 e. The zero-order valence-corrected chi connectivity index (χ0v) is 37.2. The molecule has 8 aromatic carbocycles. The summed E-state index contributed by atoms with van der Waals surface area (Å²) in [7, 11) is -0.481. The van der Waals surface area contributed by atoms with E-state index in [2.05, 4.69) is 197 Å². The first-order valence-electron chi connectivity index (χ1n) is 19.7. The minimum Gasteiger partial charge on any atom is -0.0898 e. The van der Waals surface area contributed by atoms with Crippen molar-refractivity contribution in [3.63, 3.8) is 0 Å². The zero-order valence-electron chi connectivity index (χ0n) is 31.9. The van der Waals surface area contributed by atoms with E-state index in [4.69, 9.17) is 0 Å². The summed E-state index contributed by atoms with van der Waals surface area (Å²) in [6.07, 6.45) is 22.6. The van der Waals surface area contributed by atoms with Crippen LogP contribution in [-0.4, -0.2) is 0 Å². The molecule has 4 heteroatoms. The molecular formula is C54H40FeIrP2+2. The Hall–Kier alpha value is -3.17. The first kappa shape index (κ1) is 40.2. The summed E-state index contributed by atoms with van der Waals surface area (Å²) in [5, 5.41) is 10.9. The number of benzene rings is 8. The molecule has 0 N–H and O–H groups in total. The summed E-state index contributed by atoms with van der Waals surface area (Å²) in [5.74, 6) is 0. The van der Waals surface area contributed by atoms with Gasteiger partial charge in [0.1, 0.15) is 0 Å². The molecular weight excluding hydrogens is 959 g/mol. The average Bonchev–Trinajstić information content (AvgIpc) is 3.94. The average molecular weight is 999 g/mol. The molecule has 2 saturated carbocycles. The molecule has 0 aromatic heterocycles. The molecule has 0 bridgehead atoms. The minimum atomic E-state index is -0.240.